The summed E-state index contributed by atoms with van der Waals surface area (Å²) in [5.74, 6) is 0.764. The normalized spacial score (nSPS) is 12.5. The highest BCUT2D eigenvalue weighted by Crippen LogP contribution is 2.24. The maximum Gasteiger partial charge on any atom is 0.191 e. The molecule has 2 rings (SSSR count). The molecule has 1 heterocycles. The molecule has 0 aliphatic heterocycles. The van der Waals surface area contributed by atoms with E-state index in [2.05, 4.69) is 41.5 Å². The highest BCUT2D eigenvalue weighted by molar-refractivity contribution is 14.0. The fraction of sp³-hybridized carbons (Fsp3) is 0.474. The van der Waals surface area contributed by atoms with Crippen molar-refractivity contribution < 1.29 is 0 Å². The van der Waals surface area contributed by atoms with Gasteiger partial charge < -0.3 is 10.6 Å². The van der Waals surface area contributed by atoms with E-state index in [1.54, 1.807) is 7.05 Å². The van der Waals surface area contributed by atoms with Gasteiger partial charge in [-0.15, -0.1) is 24.0 Å². The third kappa shape index (κ3) is 6.54. The van der Waals surface area contributed by atoms with Crippen molar-refractivity contribution in [2.24, 2.45) is 12.0 Å². The minimum Gasteiger partial charge on any atom is -0.356 e. The second-order valence-electron chi connectivity index (χ2n) is 6.47. The summed E-state index contributed by atoms with van der Waals surface area (Å²) >= 11 is 12.4. The van der Waals surface area contributed by atoms with Crippen LogP contribution in [0.25, 0.3) is 0 Å². The molecule has 5 nitrogen and oxygen atoms in total. The van der Waals surface area contributed by atoms with Crippen molar-refractivity contribution in [2.45, 2.75) is 39.7 Å². The molecule has 1 atom stereocenters. The van der Waals surface area contributed by atoms with Crippen molar-refractivity contribution >= 4 is 53.1 Å². The van der Waals surface area contributed by atoms with Crippen molar-refractivity contribution in [1.29, 1.82) is 0 Å². The molecule has 0 spiro atoms. The molecule has 150 valence electrons. The maximum atomic E-state index is 6.22. The maximum absolute atomic E-state index is 6.22. The van der Waals surface area contributed by atoms with Crippen LogP contribution < -0.4 is 10.6 Å². The molecule has 8 heteroatoms. The molecule has 0 bridgehead atoms. The molecule has 0 radical (unpaired) electrons. The van der Waals surface area contributed by atoms with E-state index < -0.39 is 0 Å². The number of nitrogens with one attached hydrogen (secondary N) is 2. The number of halogens is 3. The van der Waals surface area contributed by atoms with Crippen LogP contribution in [0.15, 0.2) is 23.2 Å². The SMILES string of the molecule is CN=C(NCCc1c(Cl)cccc1Cl)NC(C)Cc1c(C)nn(C)c1C.I. The lowest BCUT2D eigenvalue weighted by atomic mass is 10.1. The molecule has 0 saturated carbocycles. The summed E-state index contributed by atoms with van der Waals surface area (Å²) in [5.41, 5.74) is 4.52. The topological polar surface area (TPSA) is 54.2 Å². The minimum absolute atomic E-state index is 0. The molecule has 27 heavy (non-hydrogen) atoms. The quantitative estimate of drug-likeness (QED) is 0.337. The Kier molecular flexibility index (Phi) is 9.90. The molecule has 0 fully saturated rings. The van der Waals surface area contributed by atoms with Crippen LogP contribution >= 0.6 is 47.2 Å². The van der Waals surface area contributed by atoms with E-state index in [4.69, 9.17) is 23.2 Å². The van der Waals surface area contributed by atoms with Gasteiger partial charge in [-0.05, 0) is 56.9 Å². The molecule has 1 aromatic heterocycles. The summed E-state index contributed by atoms with van der Waals surface area (Å²) in [6.45, 7) is 6.99. The third-order valence-corrected chi connectivity index (χ3v) is 5.21. The predicted molar refractivity (Wildman–Crippen MR) is 126 cm³/mol. The van der Waals surface area contributed by atoms with Gasteiger partial charge in [0.25, 0.3) is 0 Å². The van der Waals surface area contributed by atoms with Crippen LogP contribution in [-0.4, -0.2) is 35.4 Å². The first-order valence-corrected chi connectivity index (χ1v) is 9.48. The Labute approximate surface area is 188 Å². The molecule has 0 amide bonds. The Hall–Kier alpha value is -0.990. The van der Waals surface area contributed by atoms with E-state index in [-0.39, 0.29) is 30.0 Å². The van der Waals surface area contributed by atoms with E-state index in [1.807, 2.05) is 29.9 Å². The standard InChI is InChI=1S/C19H27Cl2N5.HI/c1-12(11-16-13(2)25-26(5)14(16)3)24-19(22-4)23-10-9-15-17(20)7-6-8-18(15)21;/h6-8,12H,9-11H2,1-5H3,(H2,22,23,24);1H. The number of aromatic nitrogens is 2. The number of rotatable bonds is 6. The molecule has 2 N–H and O–H groups in total. The summed E-state index contributed by atoms with van der Waals surface area (Å²) in [4.78, 5) is 4.30. The summed E-state index contributed by atoms with van der Waals surface area (Å²) in [6, 6.07) is 5.80. The Morgan fingerprint density at radius 1 is 1.22 bits per heavy atom. The number of nitrogens with zero attached hydrogens (tertiary/aromatic N) is 3. The van der Waals surface area contributed by atoms with Crippen LogP contribution in [0.5, 0.6) is 0 Å². The summed E-state index contributed by atoms with van der Waals surface area (Å²) in [7, 11) is 3.75. The molecule has 1 aromatic carbocycles. The van der Waals surface area contributed by atoms with Crippen molar-refractivity contribution in [3.05, 3.63) is 50.8 Å². The molecule has 0 aliphatic carbocycles. The van der Waals surface area contributed by atoms with Crippen molar-refractivity contribution in [3.63, 3.8) is 0 Å². The van der Waals surface area contributed by atoms with Gasteiger partial charge in [-0.1, -0.05) is 29.3 Å². The van der Waals surface area contributed by atoms with Gasteiger partial charge in [0.15, 0.2) is 5.96 Å². The lowest BCUT2D eigenvalue weighted by Crippen LogP contribution is -2.43. The van der Waals surface area contributed by atoms with Crippen LogP contribution in [0.3, 0.4) is 0 Å². The van der Waals surface area contributed by atoms with E-state index in [0.29, 0.717) is 16.6 Å². The van der Waals surface area contributed by atoms with Crippen molar-refractivity contribution in [2.75, 3.05) is 13.6 Å². The highest BCUT2D eigenvalue weighted by atomic mass is 127. The Bertz CT molecular complexity index is 768. The first-order chi connectivity index (χ1) is 12.3. The third-order valence-electron chi connectivity index (χ3n) is 4.51. The predicted octanol–water partition coefficient (Wildman–Crippen LogP) is 4.30. The first kappa shape index (κ1) is 24.0. The molecule has 0 saturated heterocycles. The number of hydrogen-bond donors (Lipinski definition) is 2. The highest BCUT2D eigenvalue weighted by Gasteiger charge is 2.14. The number of guanidine groups is 1. The second-order valence-corrected chi connectivity index (χ2v) is 7.29. The van der Waals surface area contributed by atoms with Crippen LogP contribution in [0, 0.1) is 13.8 Å². The van der Waals surface area contributed by atoms with Crippen LogP contribution in [-0.2, 0) is 19.9 Å². The van der Waals surface area contributed by atoms with Gasteiger partial charge in [-0.2, -0.15) is 5.10 Å². The minimum atomic E-state index is 0. The zero-order chi connectivity index (χ0) is 19.3. The first-order valence-electron chi connectivity index (χ1n) is 8.72. The largest absolute Gasteiger partial charge is 0.356 e. The van der Waals surface area contributed by atoms with E-state index in [9.17, 15) is 0 Å². The molecule has 1 unspecified atom stereocenters. The van der Waals surface area contributed by atoms with Gasteiger partial charge >= 0.3 is 0 Å². The van der Waals surface area contributed by atoms with Gasteiger partial charge in [0.1, 0.15) is 0 Å². The van der Waals surface area contributed by atoms with E-state index >= 15 is 0 Å². The Morgan fingerprint density at radius 3 is 2.37 bits per heavy atom. The zero-order valence-corrected chi connectivity index (χ0v) is 20.3. The lowest BCUT2D eigenvalue weighted by Gasteiger charge is -2.18. The molecular weight excluding hydrogens is 496 g/mol. The summed E-state index contributed by atoms with van der Waals surface area (Å²) in [5, 5.41) is 12.6. The number of aryl methyl sites for hydroxylation is 2. The van der Waals surface area contributed by atoms with Crippen LogP contribution in [0.4, 0.5) is 0 Å². The van der Waals surface area contributed by atoms with Crippen LogP contribution in [0.1, 0.15) is 29.4 Å². The van der Waals surface area contributed by atoms with Crippen molar-refractivity contribution in [1.82, 2.24) is 20.4 Å². The average Bonchev–Trinajstić information content (AvgIpc) is 2.82. The lowest BCUT2D eigenvalue weighted by molar-refractivity contribution is 0.635. The smallest absolute Gasteiger partial charge is 0.191 e. The number of hydrogen-bond acceptors (Lipinski definition) is 2. The average molecular weight is 524 g/mol. The Balaban J connectivity index is 0.00000364. The van der Waals surface area contributed by atoms with Gasteiger partial charge in [-0.25, -0.2) is 0 Å². The summed E-state index contributed by atoms with van der Waals surface area (Å²) < 4.78 is 1.93. The fourth-order valence-corrected chi connectivity index (χ4v) is 3.56. The van der Waals surface area contributed by atoms with E-state index in [1.165, 1.54) is 11.3 Å². The van der Waals surface area contributed by atoms with Gasteiger partial charge in [0.05, 0.1) is 5.69 Å². The Morgan fingerprint density at radius 2 is 1.85 bits per heavy atom. The number of aliphatic imine (C=N–C) groups is 1. The number of benzene rings is 1. The van der Waals surface area contributed by atoms with Gasteiger partial charge in [-0.3, -0.25) is 9.67 Å². The van der Waals surface area contributed by atoms with Gasteiger partial charge in [0, 0.05) is 42.4 Å². The molecular formula is C19H28Cl2IN5. The molecule has 2 aromatic rings. The van der Waals surface area contributed by atoms with E-state index in [0.717, 1.165) is 30.1 Å². The van der Waals surface area contributed by atoms with Gasteiger partial charge in [0.2, 0.25) is 0 Å². The van der Waals surface area contributed by atoms with Crippen LogP contribution in [0.2, 0.25) is 10.0 Å². The second kappa shape index (κ2) is 11.1. The monoisotopic (exact) mass is 523 g/mol. The zero-order valence-electron chi connectivity index (χ0n) is 16.4. The fourth-order valence-electron chi connectivity index (χ4n) is 2.98. The summed E-state index contributed by atoms with van der Waals surface area (Å²) in [6.07, 6.45) is 1.62. The van der Waals surface area contributed by atoms with Crippen molar-refractivity contribution in [3.8, 4) is 0 Å². The molecule has 0 aliphatic rings.